The molecule has 0 amide bonds. The van der Waals surface area contributed by atoms with E-state index in [1.54, 1.807) is 6.20 Å². The number of fused-ring (bicyclic) bond motifs is 1. The van der Waals surface area contributed by atoms with E-state index in [1.807, 2.05) is 13.1 Å². The molecule has 0 unspecified atom stereocenters. The average Bonchev–Trinajstić information content (AvgIpc) is 2.55. The molecule has 12 heavy (non-hydrogen) atoms. The van der Waals surface area contributed by atoms with E-state index in [0.717, 1.165) is 14.4 Å². The van der Waals surface area contributed by atoms with E-state index in [2.05, 4.69) is 5.32 Å². The molecule has 0 spiro atoms. The highest BCUT2D eigenvalue weighted by atomic mass is 32.1. The third-order valence-corrected chi connectivity index (χ3v) is 2.95. The van der Waals surface area contributed by atoms with Gasteiger partial charge in [0.1, 0.15) is 10.5 Å². The standard InChI is InChI=1S/C7H9N3OS/c1-9-7-5(8)6-4(12-7)2-3-10(6)11/h2-3,9,11H,8H2,1H3. The Kier molecular flexibility index (Phi) is 1.41. The molecular weight excluding hydrogens is 174 g/mol. The molecule has 2 aromatic heterocycles. The molecule has 0 aromatic carbocycles. The van der Waals surface area contributed by atoms with Crippen LogP contribution in [0, 0.1) is 0 Å². The van der Waals surface area contributed by atoms with Crippen LogP contribution in [-0.2, 0) is 0 Å². The summed E-state index contributed by atoms with van der Waals surface area (Å²) in [5, 5.41) is 13.2. The molecule has 2 rings (SSSR count). The van der Waals surface area contributed by atoms with E-state index < -0.39 is 0 Å². The quantitative estimate of drug-likeness (QED) is 0.588. The Labute approximate surface area is 73.2 Å². The molecule has 0 bridgehead atoms. The van der Waals surface area contributed by atoms with Crippen molar-refractivity contribution >= 4 is 32.2 Å². The van der Waals surface area contributed by atoms with Crippen molar-refractivity contribution in [1.82, 2.24) is 4.73 Å². The van der Waals surface area contributed by atoms with Gasteiger partial charge in [0.15, 0.2) is 0 Å². The molecule has 0 saturated heterocycles. The summed E-state index contributed by atoms with van der Waals surface area (Å²) in [6.07, 6.45) is 1.58. The molecule has 0 aliphatic rings. The second kappa shape index (κ2) is 2.31. The fraction of sp³-hybridized carbons (Fsp3) is 0.143. The lowest BCUT2D eigenvalue weighted by Crippen LogP contribution is -1.94. The number of hydrogen-bond donors (Lipinski definition) is 3. The summed E-state index contributed by atoms with van der Waals surface area (Å²) in [6.45, 7) is 0. The number of nitrogens with two attached hydrogens (primary N) is 1. The monoisotopic (exact) mass is 183 g/mol. The summed E-state index contributed by atoms with van der Waals surface area (Å²) in [5.41, 5.74) is 7.05. The Morgan fingerprint density at radius 1 is 1.67 bits per heavy atom. The number of rotatable bonds is 1. The van der Waals surface area contributed by atoms with Crippen LogP contribution in [0.25, 0.3) is 10.2 Å². The Morgan fingerprint density at radius 3 is 3.00 bits per heavy atom. The van der Waals surface area contributed by atoms with Crippen LogP contribution in [0.5, 0.6) is 0 Å². The normalized spacial score (nSPS) is 10.8. The molecule has 5 heteroatoms. The third-order valence-electron chi connectivity index (χ3n) is 1.77. The maximum Gasteiger partial charge on any atom is 0.122 e. The highest BCUT2D eigenvalue weighted by molar-refractivity contribution is 7.23. The zero-order chi connectivity index (χ0) is 8.72. The van der Waals surface area contributed by atoms with Crippen LogP contribution < -0.4 is 11.1 Å². The van der Waals surface area contributed by atoms with Crippen LogP contribution in [0.4, 0.5) is 10.7 Å². The number of aromatic nitrogens is 1. The van der Waals surface area contributed by atoms with E-state index >= 15 is 0 Å². The smallest absolute Gasteiger partial charge is 0.122 e. The third kappa shape index (κ3) is 0.767. The number of nitrogens with one attached hydrogen (secondary N) is 1. The molecule has 0 atom stereocenters. The molecular formula is C7H9N3OS. The molecule has 2 aromatic rings. The van der Waals surface area contributed by atoms with Gasteiger partial charge in [-0.2, -0.15) is 4.73 Å². The van der Waals surface area contributed by atoms with Gasteiger partial charge in [-0.25, -0.2) is 0 Å². The first-order valence-electron chi connectivity index (χ1n) is 3.50. The molecule has 2 heterocycles. The molecule has 0 radical (unpaired) electrons. The molecule has 4 N–H and O–H groups in total. The number of anilines is 2. The Balaban J connectivity index is 2.80. The predicted molar refractivity (Wildman–Crippen MR) is 51.0 cm³/mol. The summed E-state index contributed by atoms with van der Waals surface area (Å²) in [7, 11) is 1.81. The van der Waals surface area contributed by atoms with Crippen LogP contribution >= 0.6 is 11.3 Å². The lowest BCUT2D eigenvalue weighted by Gasteiger charge is -1.96. The number of nitrogen functional groups attached to an aromatic ring is 1. The van der Waals surface area contributed by atoms with Crippen molar-refractivity contribution in [3.8, 4) is 0 Å². The number of nitrogens with zero attached hydrogens (tertiary/aromatic N) is 1. The zero-order valence-corrected chi connectivity index (χ0v) is 7.35. The van der Waals surface area contributed by atoms with Crippen LogP contribution in [-0.4, -0.2) is 17.0 Å². The van der Waals surface area contributed by atoms with E-state index in [1.165, 1.54) is 11.3 Å². The van der Waals surface area contributed by atoms with Crippen molar-refractivity contribution in [2.24, 2.45) is 0 Å². The molecule has 64 valence electrons. The minimum absolute atomic E-state index is 0.602. The van der Waals surface area contributed by atoms with Gasteiger partial charge in [-0.3, -0.25) is 0 Å². The summed E-state index contributed by atoms with van der Waals surface area (Å²) in [6, 6.07) is 1.83. The highest BCUT2D eigenvalue weighted by Gasteiger charge is 2.11. The van der Waals surface area contributed by atoms with Crippen molar-refractivity contribution in [3.63, 3.8) is 0 Å². The van der Waals surface area contributed by atoms with Crippen LogP contribution in [0.2, 0.25) is 0 Å². The summed E-state index contributed by atoms with van der Waals surface area (Å²) in [5.74, 6) is 0. The average molecular weight is 183 g/mol. The van der Waals surface area contributed by atoms with Gasteiger partial charge in [-0.15, -0.1) is 11.3 Å². The van der Waals surface area contributed by atoms with Crippen molar-refractivity contribution < 1.29 is 5.21 Å². The number of hydrogen-bond acceptors (Lipinski definition) is 4. The van der Waals surface area contributed by atoms with E-state index in [4.69, 9.17) is 5.73 Å². The largest absolute Gasteiger partial charge is 0.428 e. The molecule has 0 fully saturated rings. The molecule has 0 aliphatic heterocycles. The Bertz CT molecular complexity index is 417. The van der Waals surface area contributed by atoms with Crippen molar-refractivity contribution in [1.29, 1.82) is 0 Å². The SMILES string of the molecule is CNc1sc2ccn(O)c2c1N. The Hall–Kier alpha value is -1.36. The summed E-state index contributed by atoms with van der Waals surface area (Å²) < 4.78 is 2.03. The minimum atomic E-state index is 0.602. The second-order valence-corrected chi connectivity index (χ2v) is 3.52. The van der Waals surface area contributed by atoms with Gasteiger partial charge in [-0.05, 0) is 6.07 Å². The summed E-state index contributed by atoms with van der Waals surface area (Å²) >= 11 is 1.53. The van der Waals surface area contributed by atoms with E-state index in [9.17, 15) is 5.21 Å². The van der Waals surface area contributed by atoms with Crippen LogP contribution in [0.1, 0.15) is 0 Å². The summed E-state index contributed by atoms with van der Waals surface area (Å²) in [4.78, 5) is 0. The maximum atomic E-state index is 9.32. The molecule has 4 nitrogen and oxygen atoms in total. The minimum Gasteiger partial charge on any atom is -0.428 e. The first kappa shape index (κ1) is 7.30. The first-order chi connectivity index (χ1) is 5.74. The van der Waals surface area contributed by atoms with Gasteiger partial charge in [0.05, 0.1) is 10.4 Å². The zero-order valence-electron chi connectivity index (χ0n) is 6.53. The van der Waals surface area contributed by atoms with Gasteiger partial charge in [0.25, 0.3) is 0 Å². The van der Waals surface area contributed by atoms with Crippen LogP contribution in [0.3, 0.4) is 0 Å². The van der Waals surface area contributed by atoms with E-state index in [-0.39, 0.29) is 0 Å². The van der Waals surface area contributed by atoms with Gasteiger partial charge in [-0.1, -0.05) is 0 Å². The fourth-order valence-corrected chi connectivity index (χ4v) is 2.16. The van der Waals surface area contributed by atoms with Crippen LogP contribution in [0.15, 0.2) is 12.3 Å². The van der Waals surface area contributed by atoms with Crippen molar-refractivity contribution in [2.75, 3.05) is 18.1 Å². The molecule has 0 aliphatic carbocycles. The number of thiophene rings is 1. The lowest BCUT2D eigenvalue weighted by molar-refractivity contribution is 0.200. The fourth-order valence-electron chi connectivity index (χ4n) is 1.20. The second-order valence-electron chi connectivity index (χ2n) is 2.47. The highest BCUT2D eigenvalue weighted by Crippen LogP contribution is 2.37. The lowest BCUT2D eigenvalue weighted by atomic mass is 10.4. The van der Waals surface area contributed by atoms with Gasteiger partial charge in [0, 0.05) is 13.2 Å². The van der Waals surface area contributed by atoms with Crippen molar-refractivity contribution in [3.05, 3.63) is 12.3 Å². The van der Waals surface area contributed by atoms with Gasteiger partial charge >= 0.3 is 0 Å². The van der Waals surface area contributed by atoms with E-state index in [0.29, 0.717) is 11.2 Å². The Morgan fingerprint density at radius 2 is 2.42 bits per heavy atom. The van der Waals surface area contributed by atoms with Crippen molar-refractivity contribution in [2.45, 2.75) is 0 Å². The van der Waals surface area contributed by atoms with Gasteiger partial charge in [0.2, 0.25) is 0 Å². The predicted octanol–water partition coefficient (Wildman–Crippen LogP) is 1.56. The first-order valence-corrected chi connectivity index (χ1v) is 4.32. The topological polar surface area (TPSA) is 63.2 Å². The van der Waals surface area contributed by atoms with Gasteiger partial charge < -0.3 is 16.3 Å². The molecule has 0 saturated carbocycles. The maximum absolute atomic E-state index is 9.32.